The van der Waals surface area contributed by atoms with Crippen molar-refractivity contribution in [3.05, 3.63) is 83.4 Å². The van der Waals surface area contributed by atoms with Crippen molar-refractivity contribution in [2.24, 2.45) is 0 Å². The van der Waals surface area contributed by atoms with Gasteiger partial charge in [0.2, 0.25) is 0 Å². The molecule has 0 radical (unpaired) electrons. The van der Waals surface area contributed by atoms with Crippen LogP contribution < -0.4 is 14.8 Å². The number of carbonyl (C=O) groups is 1. The van der Waals surface area contributed by atoms with Crippen LogP contribution in [0.3, 0.4) is 0 Å². The molecule has 33 heavy (non-hydrogen) atoms. The quantitative estimate of drug-likeness (QED) is 0.412. The minimum atomic E-state index is -0.212. The van der Waals surface area contributed by atoms with Crippen molar-refractivity contribution in [3.8, 4) is 34.1 Å². The number of fused-ring (bicyclic) bond motifs is 3. The molecule has 1 aliphatic carbocycles. The molecule has 3 aromatic carbocycles. The number of rotatable bonds is 6. The molecular weight excluding hydrogens is 416 g/mol. The third-order valence-corrected chi connectivity index (χ3v) is 5.84. The lowest BCUT2D eigenvalue weighted by atomic mass is 9.88. The number of anilines is 1. The molecule has 6 heteroatoms. The number of benzene rings is 3. The van der Waals surface area contributed by atoms with E-state index in [1.54, 1.807) is 19.2 Å². The molecule has 1 aromatic heterocycles. The van der Waals surface area contributed by atoms with Crippen LogP contribution in [0.2, 0.25) is 0 Å². The van der Waals surface area contributed by atoms with E-state index in [1.807, 2.05) is 55.5 Å². The molecule has 1 heterocycles. The van der Waals surface area contributed by atoms with Crippen molar-refractivity contribution in [3.63, 3.8) is 0 Å². The lowest BCUT2D eigenvalue weighted by Crippen LogP contribution is -2.13. The fourth-order valence-electron chi connectivity index (χ4n) is 4.21. The fourth-order valence-corrected chi connectivity index (χ4v) is 4.21. The Morgan fingerprint density at radius 1 is 1.06 bits per heavy atom. The summed E-state index contributed by atoms with van der Waals surface area (Å²) in [5.74, 6) is 1.98. The SMILES string of the molecule is CCOc1ccccc1C(=O)Nc1ccc(-c2onc3c2CCc2cc(OC)ccc2-3)cc1. The van der Waals surface area contributed by atoms with Gasteiger partial charge in [0.25, 0.3) is 5.91 Å². The Balaban J connectivity index is 1.37. The third-order valence-electron chi connectivity index (χ3n) is 5.84. The first-order chi connectivity index (χ1) is 16.2. The van der Waals surface area contributed by atoms with E-state index in [4.69, 9.17) is 14.0 Å². The summed E-state index contributed by atoms with van der Waals surface area (Å²) in [4.78, 5) is 12.7. The number of aromatic nitrogens is 1. The van der Waals surface area contributed by atoms with Gasteiger partial charge in [0.15, 0.2) is 5.76 Å². The molecule has 1 aliphatic rings. The maximum atomic E-state index is 12.7. The Morgan fingerprint density at radius 2 is 1.88 bits per heavy atom. The van der Waals surface area contributed by atoms with Gasteiger partial charge in [-0.25, -0.2) is 0 Å². The van der Waals surface area contributed by atoms with Crippen molar-refractivity contribution in [1.82, 2.24) is 5.16 Å². The Kier molecular flexibility index (Phi) is 5.57. The van der Waals surface area contributed by atoms with Crippen molar-refractivity contribution in [2.75, 3.05) is 19.0 Å². The van der Waals surface area contributed by atoms with Gasteiger partial charge in [0.1, 0.15) is 17.2 Å². The molecule has 0 saturated carbocycles. The zero-order valence-corrected chi connectivity index (χ0v) is 18.6. The highest BCUT2D eigenvalue weighted by Crippen LogP contribution is 2.39. The number of para-hydroxylation sites is 1. The molecule has 0 bridgehead atoms. The van der Waals surface area contributed by atoms with Gasteiger partial charge in [-0.3, -0.25) is 4.79 Å². The summed E-state index contributed by atoms with van der Waals surface area (Å²) >= 11 is 0. The standard InChI is InChI=1S/C27H24N2O4/c1-3-32-24-7-5-4-6-22(24)27(30)28-19-11-8-17(9-12-19)26-23-14-10-18-16-20(31-2)13-15-21(18)25(23)29-33-26/h4-9,11-13,15-16H,3,10,14H2,1-2H3,(H,28,30). The minimum absolute atomic E-state index is 0.212. The van der Waals surface area contributed by atoms with Crippen LogP contribution in [-0.4, -0.2) is 24.8 Å². The number of ether oxygens (including phenoxy) is 2. The molecule has 5 rings (SSSR count). The van der Waals surface area contributed by atoms with Crippen molar-refractivity contribution in [2.45, 2.75) is 19.8 Å². The van der Waals surface area contributed by atoms with Crippen LogP contribution >= 0.6 is 0 Å². The third kappa shape index (κ3) is 3.96. The van der Waals surface area contributed by atoms with Gasteiger partial charge in [-0.15, -0.1) is 0 Å². The average Bonchev–Trinajstić information content (AvgIpc) is 3.29. The van der Waals surface area contributed by atoms with Gasteiger partial charge in [-0.05, 0) is 79.9 Å². The summed E-state index contributed by atoms with van der Waals surface area (Å²) in [5.41, 5.74) is 6.42. The molecular formula is C27H24N2O4. The fraction of sp³-hybridized carbons (Fsp3) is 0.185. The van der Waals surface area contributed by atoms with Crippen LogP contribution in [-0.2, 0) is 12.8 Å². The van der Waals surface area contributed by atoms with Crippen LogP contribution in [0.5, 0.6) is 11.5 Å². The lowest BCUT2D eigenvalue weighted by molar-refractivity contribution is 0.102. The molecule has 1 amide bonds. The van der Waals surface area contributed by atoms with Gasteiger partial charge in [-0.2, -0.15) is 0 Å². The molecule has 0 unspecified atom stereocenters. The Hall–Kier alpha value is -4.06. The van der Waals surface area contributed by atoms with E-state index in [1.165, 1.54) is 5.56 Å². The van der Waals surface area contributed by atoms with E-state index in [0.29, 0.717) is 23.6 Å². The number of nitrogens with zero attached hydrogens (tertiary/aromatic N) is 1. The van der Waals surface area contributed by atoms with Gasteiger partial charge in [0.05, 0.1) is 19.3 Å². The van der Waals surface area contributed by atoms with E-state index in [9.17, 15) is 4.79 Å². The van der Waals surface area contributed by atoms with Crippen LogP contribution in [0.1, 0.15) is 28.4 Å². The van der Waals surface area contributed by atoms with Gasteiger partial charge in [0, 0.05) is 22.4 Å². The van der Waals surface area contributed by atoms with E-state index >= 15 is 0 Å². The summed E-state index contributed by atoms with van der Waals surface area (Å²) in [7, 11) is 1.67. The smallest absolute Gasteiger partial charge is 0.259 e. The molecule has 0 atom stereocenters. The number of methoxy groups -OCH3 is 1. The molecule has 166 valence electrons. The number of amides is 1. The predicted molar refractivity (Wildman–Crippen MR) is 127 cm³/mol. The summed E-state index contributed by atoms with van der Waals surface area (Å²) in [6, 6.07) is 20.9. The first-order valence-corrected chi connectivity index (χ1v) is 11.0. The first-order valence-electron chi connectivity index (χ1n) is 11.0. The summed E-state index contributed by atoms with van der Waals surface area (Å²) < 4.78 is 16.7. The molecule has 4 aromatic rings. The molecule has 0 aliphatic heterocycles. The molecule has 1 N–H and O–H groups in total. The molecule has 6 nitrogen and oxygen atoms in total. The second kappa shape index (κ2) is 8.82. The second-order valence-corrected chi connectivity index (χ2v) is 7.82. The predicted octanol–water partition coefficient (Wildman–Crippen LogP) is 5.77. The van der Waals surface area contributed by atoms with Crippen LogP contribution in [0, 0.1) is 0 Å². The summed E-state index contributed by atoms with van der Waals surface area (Å²) in [6.07, 6.45) is 1.75. The number of hydrogen-bond donors (Lipinski definition) is 1. The van der Waals surface area contributed by atoms with E-state index < -0.39 is 0 Å². The largest absolute Gasteiger partial charge is 0.497 e. The lowest BCUT2D eigenvalue weighted by Gasteiger charge is -2.16. The summed E-state index contributed by atoms with van der Waals surface area (Å²) in [5, 5.41) is 7.31. The molecule has 0 saturated heterocycles. The maximum absolute atomic E-state index is 12.7. The first kappa shape index (κ1) is 20.8. The topological polar surface area (TPSA) is 73.6 Å². The zero-order chi connectivity index (χ0) is 22.8. The Bertz CT molecular complexity index is 1310. The van der Waals surface area contributed by atoms with Crippen molar-refractivity contribution < 1.29 is 18.8 Å². The van der Waals surface area contributed by atoms with Crippen LogP contribution in [0.25, 0.3) is 22.6 Å². The normalized spacial score (nSPS) is 11.9. The van der Waals surface area contributed by atoms with Crippen LogP contribution in [0.4, 0.5) is 5.69 Å². The number of aryl methyl sites for hydroxylation is 1. The van der Waals surface area contributed by atoms with Gasteiger partial charge in [-0.1, -0.05) is 17.3 Å². The van der Waals surface area contributed by atoms with E-state index in [2.05, 4.69) is 16.5 Å². The highest BCUT2D eigenvalue weighted by Gasteiger charge is 2.25. The van der Waals surface area contributed by atoms with Crippen molar-refractivity contribution in [1.29, 1.82) is 0 Å². The van der Waals surface area contributed by atoms with Gasteiger partial charge >= 0.3 is 0 Å². The Morgan fingerprint density at radius 3 is 2.67 bits per heavy atom. The second-order valence-electron chi connectivity index (χ2n) is 7.82. The monoisotopic (exact) mass is 440 g/mol. The van der Waals surface area contributed by atoms with E-state index in [0.717, 1.165) is 46.7 Å². The minimum Gasteiger partial charge on any atom is -0.497 e. The number of carbonyl (C=O) groups excluding carboxylic acids is 1. The molecule has 0 spiro atoms. The van der Waals surface area contributed by atoms with Crippen LogP contribution in [0.15, 0.2) is 71.3 Å². The highest BCUT2D eigenvalue weighted by atomic mass is 16.5. The summed E-state index contributed by atoms with van der Waals surface area (Å²) in [6.45, 7) is 2.39. The Labute approximate surface area is 192 Å². The average molecular weight is 440 g/mol. The number of hydrogen-bond acceptors (Lipinski definition) is 5. The molecule has 0 fully saturated rings. The maximum Gasteiger partial charge on any atom is 0.259 e. The van der Waals surface area contributed by atoms with E-state index in [-0.39, 0.29) is 5.91 Å². The zero-order valence-electron chi connectivity index (χ0n) is 18.6. The van der Waals surface area contributed by atoms with Gasteiger partial charge < -0.3 is 19.3 Å². The number of nitrogens with one attached hydrogen (secondary N) is 1. The van der Waals surface area contributed by atoms with Crippen molar-refractivity contribution >= 4 is 11.6 Å². The highest BCUT2D eigenvalue weighted by molar-refractivity contribution is 6.06.